The molecule has 0 saturated carbocycles. The molecule has 0 bridgehead atoms. The van der Waals surface area contributed by atoms with Crippen LogP contribution in [-0.2, 0) is 6.54 Å². The molecule has 0 radical (unpaired) electrons. The van der Waals surface area contributed by atoms with Gasteiger partial charge in [0.05, 0.1) is 0 Å². The second-order valence-electron chi connectivity index (χ2n) is 4.01. The fraction of sp³-hybridized carbons (Fsp3) is 0.385. The average molecular weight is 263 g/mol. The zero-order valence-electron chi connectivity index (χ0n) is 10.6. The number of nitrogens with one attached hydrogen (secondary N) is 1. The number of hydrogen-bond donors (Lipinski definition) is 1. The molecule has 0 atom stereocenters. The monoisotopic (exact) mass is 263 g/mol. The van der Waals surface area contributed by atoms with Crippen molar-refractivity contribution >= 4 is 11.3 Å². The van der Waals surface area contributed by atoms with Crippen LogP contribution in [0.1, 0.15) is 23.9 Å². The lowest BCUT2D eigenvalue weighted by Crippen LogP contribution is -2.13. The Morgan fingerprint density at radius 3 is 2.89 bits per heavy atom. The van der Waals surface area contributed by atoms with E-state index in [0.29, 0.717) is 5.19 Å². The maximum absolute atomic E-state index is 5.71. The first-order valence-electron chi connectivity index (χ1n) is 6.06. The number of ether oxygens (including phenoxy) is 1. The van der Waals surface area contributed by atoms with Gasteiger partial charge in [0.2, 0.25) is 0 Å². The van der Waals surface area contributed by atoms with Gasteiger partial charge in [0.25, 0.3) is 5.19 Å². The Balaban J connectivity index is 1.96. The normalized spacial score (nSPS) is 10.6. The van der Waals surface area contributed by atoms with Crippen molar-refractivity contribution in [3.63, 3.8) is 0 Å². The third kappa shape index (κ3) is 3.51. The fourth-order valence-electron chi connectivity index (χ4n) is 1.49. The maximum atomic E-state index is 5.71. The highest BCUT2D eigenvalue weighted by Crippen LogP contribution is 2.27. The minimum Gasteiger partial charge on any atom is -0.430 e. The van der Waals surface area contributed by atoms with Crippen molar-refractivity contribution < 1.29 is 4.74 Å². The molecule has 0 unspecified atom stereocenters. The number of para-hydroxylation sites is 1. The van der Waals surface area contributed by atoms with Gasteiger partial charge >= 0.3 is 0 Å². The minimum absolute atomic E-state index is 0.595. The molecule has 2 aromatic rings. The summed E-state index contributed by atoms with van der Waals surface area (Å²) in [5.41, 5.74) is 1.10. The van der Waals surface area contributed by atoms with Crippen LogP contribution in [-0.4, -0.2) is 16.7 Å². The van der Waals surface area contributed by atoms with Gasteiger partial charge in [-0.25, -0.2) is 0 Å². The van der Waals surface area contributed by atoms with Crippen LogP contribution in [0.2, 0.25) is 0 Å². The zero-order chi connectivity index (χ0) is 12.8. The van der Waals surface area contributed by atoms with Crippen molar-refractivity contribution in [3.05, 3.63) is 34.8 Å². The number of benzene rings is 1. The lowest BCUT2D eigenvalue weighted by Gasteiger charge is -2.03. The van der Waals surface area contributed by atoms with Crippen LogP contribution in [0.5, 0.6) is 10.9 Å². The van der Waals surface area contributed by atoms with E-state index in [2.05, 4.69) is 22.4 Å². The Morgan fingerprint density at radius 2 is 2.11 bits per heavy atom. The van der Waals surface area contributed by atoms with E-state index in [1.807, 2.05) is 31.2 Å². The largest absolute Gasteiger partial charge is 0.430 e. The number of aryl methyl sites for hydroxylation is 1. The van der Waals surface area contributed by atoms with E-state index < -0.39 is 0 Å². The Morgan fingerprint density at radius 1 is 1.28 bits per heavy atom. The van der Waals surface area contributed by atoms with Gasteiger partial charge in [-0.3, -0.25) is 0 Å². The van der Waals surface area contributed by atoms with Crippen LogP contribution in [0.25, 0.3) is 0 Å². The lowest BCUT2D eigenvalue weighted by molar-refractivity contribution is 0.469. The standard InChI is InChI=1S/C13H17N3OS/c1-3-8-14-9-12-15-16-13(18-12)17-11-7-5-4-6-10(11)2/h4-7,14H,3,8-9H2,1-2H3. The number of aromatic nitrogens is 2. The summed E-state index contributed by atoms with van der Waals surface area (Å²) in [6, 6.07) is 7.89. The predicted molar refractivity (Wildman–Crippen MR) is 73.2 cm³/mol. The molecule has 0 amide bonds. The van der Waals surface area contributed by atoms with Gasteiger partial charge in [0, 0.05) is 6.54 Å². The van der Waals surface area contributed by atoms with Crippen molar-refractivity contribution in [2.45, 2.75) is 26.8 Å². The average Bonchev–Trinajstić information content (AvgIpc) is 2.80. The maximum Gasteiger partial charge on any atom is 0.299 e. The fourth-order valence-corrected chi connectivity index (χ4v) is 2.16. The van der Waals surface area contributed by atoms with E-state index >= 15 is 0 Å². The molecule has 4 nitrogen and oxygen atoms in total. The van der Waals surface area contributed by atoms with E-state index in [9.17, 15) is 0 Å². The summed E-state index contributed by atoms with van der Waals surface area (Å²) in [6.45, 7) is 5.90. The van der Waals surface area contributed by atoms with E-state index in [-0.39, 0.29) is 0 Å². The van der Waals surface area contributed by atoms with E-state index in [1.165, 1.54) is 11.3 Å². The van der Waals surface area contributed by atoms with Gasteiger partial charge in [-0.15, -0.1) is 5.10 Å². The summed E-state index contributed by atoms with van der Waals surface area (Å²) >= 11 is 1.48. The number of hydrogen-bond acceptors (Lipinski definition) is 5. The molecular weight excluding hydrogens is 246 g/mol. The lowest BCUT2D eigenvalue weighted by atomic mass is 10.2. The smallest absolute Gasteiger partial charge is 0.299 e. The zero-order valence-corrected chi connectivity index (χ0v) is 11.5. The first-order chi connectivity index (χ1) is 8.79. The molecule has 0 fully saturated rings. The Bertz CT molecular complexity index is 498. The van der Waals surface area contributed by atoms with E-state index in [0.717, 1.165) is 35.8 Å². The SMILES string of the molecule is CCCNCc1nnc(Oc2ccccc2C)s1. The van der Waals surface area contributed by atoms with Crippen molar-refractivity contribution in [1.29, 1.82) is 0 Å². The quantitative estimate of drug-likeness (QED) is 0.813. The molecular formula is C13H17N3OS. The molecule has 1 aromatic carbocycles. The highest BCUT2D eigenvalue weighted by molar-refractivity contribution is 7.13. The van der Waals surface area contributed by atoms with Gasteiger partial charge in [-0.05, 0) is 31.5 Å². The number of nitrogens with zero attached hydrogens (tertiary/aromatic N) is 2. The summed E-state index contributed by atoms with van der Waals surface area (Å²) in [7, 11) is 0. The summed E-state index contributed by atoms with van der Waals surface area (Å²) in [5, 5.41) is 13.0. The van der Waals surface area contributed by atoms with Crippen LogP contribution in [0.4, 0.5) is 0 Å². The summed E-state index contributed by atoms with van der Waals surface area (Å²) < 4.78 is 5.71. The van der Waals surface area contributed by atoms with Crippen molar-refractivity contribution in [2.75, 3.05) is 6.54 Å². The number of rotatable bonds is 6. The Kier molecular flexibility index (Phi) is 4.66. The first-order valence-corrected chi connectivity index (χ1v) is 6.88. The van der Waals surface area contributed by atoms with Gasteiger partial charge in [0.1, 0.15) is 10.8 Å². The molecule has 0 spiro atoms. The second-order valence-corrected chi connectivity index (χ2v) is 5.03. The topological polar surface area (TPSA) is 47.0 Å². The van der Waals surface area contributed by atoms with Crippen LogP contribution >= 0.6 is 11.3 Å². The van der Waals surface area contributed by atoms with Crippen LogP contribution in [0.15, 0.2) is 24.3 Å². The van der Waals surface area contributed by atoms with Crippen molar-refractivity contribution in [3.8, 4) is 10.9 Å². The van der Waals surface area contributed by atoms with Gasteiger partial charge in [-0.1, -0.05) is 41.6 Å². The molecule has 0 aliphatic rings. The third-order valence-corrected chi connectivity index (χ3v) is 3.24. The van der Waals surface area contributed by atoms with Gasteiger partial charge in [0.15, 0.2) is 0 Å². The minimum atomic E-state index is 0.595. The van der Waals surface area contributed by atoms with Gasteiger partial charge < -0.3 is 10.1 Å². The van der Waals surface area contributed by atoms with E-state index in [1.54, 1.807) is 0 Å². The molecule has 96 valence electrons. The van der Waals surface area contributed by atoms with Gasteiger partial charge in [-0.2, -0.15) is 0 Å². The van der Waals surface area contributed by atoms with Crippen LogP contribution in [0, 0.1) is 6.92 Å². The Hall–Kier alpha value is -1.46. The molecule has 1 heterocycles. The van der Waals surface area contributed by atoms with E-state index in [4.69, 9.17) is 4.74 Å². The first kappa shape index (κ1) is 13.0. The van der Waals surface area contributed by atoms with Crippen molar-refractivity contribution in [2.24, 2.45) is 0 Å². The molecule has 2 rings (SSSR count). The summed E-state index contributed by atoms with van der Waals surface area (Å²) in [5.74, 6) is 0.835. The molecule has 0 aliphatic carbocycles. The molecule has 1 N–H and O–H groups in total. The second kappa shape index (κ2) is 6.47. The molecule has 1 aromatic heterocycles. The molecule has 0 saturated heterocycles. The highest BCUT2D eigenvalue weighted by atomic mass is 32.1. The molecule has 18 heavy (non-hydrogen) atoms. The molecule has 0 aliphatic heterocycles. The third-order valence-electron chi connectivity index (χ3n) is 2.44. The van der Waals surface area contributed by atoms with Crippen molar-refractivity contribution in [1.82, 2.24) is 15.5 Å². The van der Waals surface area contributed by atoms with Crippen LogP contribution < -0.4 is 10.1 Å². The highest BCUT2D eigenvalue weighted by Gasteiger charge is 2.07. The Labute approximate surface area is 111 Å². The summed E-state index contributed by atoms with van der Waals surface area (Å²) in [6.07, 6.45) is 1.12. The predicted octanol–water partition coefficient (Wildman–Crippen LogP) is 3.14. The van der Waals surface area contributed by atoms with Crippen LogP contribution in [0.3, 0.4) is 0 Å². The summed E-state index contributed by atoms with van der Waals surface area (Å²) in [4.78, 5) is 0. The molecule has 5 heteroatoms.